The van der Waals surface area contributed by atoms with Gasteiger partial charge in [0.15, 0.2) is 0 Å². The summed E-state index contributed by atoms with van der Waals surface area (Å²) in [5.74, 6) is 0. The highest BCUT2D eigenvalue weighted by Gasteiger charge is 2.24. The summed E-state index contributed by atoms with van der Waals surface area (Å²) in [4.78, 5) is 11.8. The molecule has 2 N–H and O–H groups in total. The Labute approximate surface area is 135 Å². The Bertz CT molecular complexity index is 464. The molecule has 5 heteroatoms. The Kier molecular flexibility index (Phi) is 6.23. The zero-order chi connectivity index (χ0) is 16.1. The molecule has 21 heavy (non-hydrogen) atoms. The minimum atomic E-state index is -0.481. The summed E-state index contributed by atoms with van der Waals surface area (Å²) in [5.41, 5.74) is 0.342. The summed E-state index contributed by atoms with van der Waals surface area (Å²) in [6.45, 7) is 10.9. The maximum Gasteiger partial charge on any atom is 0.408 e. The first kappa shape index (κ1) is 18.0. The van der Waals surface area contributed by atoms with E-state index in [1.807, 2.05) is 46.8 Å². The number of carbonyl (C=O) groups is 1. The van der Waals surface area contributed by atoms with Gasteiger partial charge in [-0.25, -0.2) is 4.79 Å². The van der Waals surface area contributed by atoms with Crippen LogP contribution in [-0.4, -0.2) is 23.8 Å². The fourth-order valence-corrected chi connectivity index (χ4v) is 2.01. The van der Waals surface area contributed by atoms with Gasteiger partial charge in [0.05, 0.1) is 5.54 Å². The minimum absolute atomic E-state index is 0.377. The largest absolute Gasteiger partial charge is 0.444 e. The first-order valence-electron chi connectivity index (χ1n) is 7.04. The SMILES string of the molecule is CC(C)(CNCc1ccc(Br)cc1)NC(=O)OC(C)(C)C. The first-order chi connectivity index (χ1) is 9.57. The summed E-state index contributed by atoms with van der Waals surface area (Å²) in [5, 5.41) is 6.22. The van der Waals surface area contributed by atoms with Crippen LogP contribution in [0.15, 0.2) is 28.7 Å². The molecule has 0 aliphatic rings. The quantitative estimate of drug-likeness (QED) is 0.842. The molecule has 1 aromatic carbocycles. The molecule has 1 rings (SSSR count). The number of nitrogens with one attached hydrogen (secondary N) is 2. The van der Waals surface area contributed by atoms with Gasteiger partial charge in [0.2, 0.25) is 0 Å². The molecule has 1 aromatic rings. The highest BCUT2D eigenvalue weighted by molar-refractivity contribution is 9.10. The number of hydrogen-bond donors (Lipinski definition) is 2. The fourth-order valence-electron chi connectivity index (χ4n) is 1.75. The molecule has 0 saturated heterocycles. The van der Waals surface area contributed by atoms with Gasteiger partial charge >= 0.3 is 6.09 Å². The molecule has 4 nitrogen and oxygen atoms in total. The van der Waals surface area contributed by atoms with Crippen LogP contribution in [-0.2, 0) is 11.3 Å². The lowest BCUT2D eigenvalue weighted by Gasteiger charge is -2.29. The van der Waals surface area contributed by atoms with E-state index in [2.05, 4.69) is 38.7 Å². The smallest absolute Gasteiger partial charge is 0.408 e. The van der Waals surface area contributed by atoms with Gasteiger partial charge in [-0.05, 0) is 52.3 Å². The number of rotatable bonds is 5. The average molecular weight is 357 g/mol. The number of hydrogen-bond acceptors (Lipinski definition) is 3. The number of benzene rings is 1. The van der Waals surface area contributed by atoms with E-state index in [0.29, 0.717) is 6.54 Å². The third-order valence-electron chi connectivity index (χ3n) is 2.65. The van der Waals surface area contributed by atoms with Crippen LogP contribution in [0.5, 0.6) is 0 Å². The van der Waals surface area contributed by atoms with Crippen molar-refractivity contribution in [3.8, 4) is 0 Å². The third kappa shape index (κ3) is 8.07. The predicted octanol–water partition coefficient (Wildman–Crippen LogP) is 3.84. The summed E-state index contributed by atoms with van der Waals surface area (Å²) >= 11 is 3.41. The van der Waals surface area contributed by atoms with Crippen LogP contribution < -0.4 is 10.6 Å². The monoisotopic (exact) mass is 356 g/mol. The maximum atomic E-state index is 11.8. The molecule has 0 unspecified atom stereocenters. The molecule has 0 saturated carbocycles. The lowest BCUT2D eigenvalue weighted by molar-refractivity contribution is 0.0472. The van der Waals surface area contributed by atoms with Crippen LogP contribution in [0.2, 0.25) is 0 Å². The molecule has 0 fully saturated rings. The van der Waals surface area contributed by atoms with E-state index < -0.39 is 11.7 Å². The topological polar surface area (TPSA) is 50.4 Å². The Morgan fingerprint density at radius 1 is 1.14 bits per heavy atom. The Morgan fingerprint density at radius 3 is 2.24 bits per heavy atom. The molecule has 0 spiro atoms. The van der Waals surface area contributed by atoms with E-state index in [1.165, 1.54) is 5.56 Å². The van der Waals surface area contributed by atoms with Crippen LogP contribution in [0.4, 0.5) is 4.79 Å². The van der Waals surface area contributed by atoms with E-state index in [-0.39, 0.29) is 5.54 Å². The zero-order valence-electron chi connectivity index (χ0n) is 13.4. The molecule has 0 aromatic heterocycles. The van der Waals surface area contributed by atoms with Crippen molar-refractivity contribution in [1.82, 2.24) is 10.6 Å². The number of ether oxygens (including phenoxy) is 1. The highest BCUT2D eigenvalue weighted by Crippen LogP contribution is 2.11. The molecule has 0 aliphatic heterocycles. The molecular formula is C16H25BrN2O2. The van der Waals surface area contributed by atoms with E-state index in [1.54, 1.807) is 0 Å². The molecular weight excluding hydrogens is 332 g/mol. The molecule has 0 radical (unpaired) electrons. The predicted molar refractivity (Wildman–Crippen MR) is 89.3 cm³/mol. The second-order valence-corrected chi connectivity index (χ2v) is 7.66. The number of halogens is 1. The number of carbonyl (C=O) groups excluding carboxylic acids is 1. The van der Waals surface area contributed by atoms with Crippen molar-refractivity contribution in [2.45, 2.75) is 52.3 Å². The van der Waals surface area contributed by atoms with Crippen LogP contribution in [0.3, 0.4) is 0 Å². The molecule has 118 valence electrons. The van der Waals surface area contributed by atoms with Crippen molar-refractivity contribution in [2.75, 3.05) is 6.54 Å². The minimum Gasteiger partial charge on any atom is -0.444 e. The van der Waals surface area contributed by atoms with Gasteiger partial charge in [0.1, 0.15) is 5.60 Å². The van der Waals surface area contributed by atoms with Crippen LogP contribution >= 0.6 is 15.9 Å². The van der Waals surface area contributed by atoms with Gasteiger partial charge in [0, 0.05) is 17.6 Å². The van der Waals surface area contributed by atoms with E-state index in [0.717, 1.165) is 11.0 Å². The van der Waals surface area contributed by atoms with Crippen molar-refractivity contribution in [2.24, 2.45) is 0 Å². The third-order valence-corrected chi connectivity index (χ3v) is 3.18. The highest BCUT2D eigenvalue weighted by atomic mass is 79.9. The van der Waals surface area contributed by atoms with Gasteiger partial charge in [0.25, 0.3) is 0 Å². The van der Waals surface area contributed by atoms with Gasteiger partial charge in [-0.1, -0.05) is 28.1 Å². The van der Waals surface area contributed by atoms with Crippen molar-refractivity contribution in [1.29, 1.82) is 0 Å². The summed E-state index contributed by atoms with van der Waals surface area (Å²) in [7, 11) is 0. The van der Waals surface area contributed by atoms with E-state index >= 15 is 0 Å². The Hall–Kier alpha value is -1.07. The van der Waals surface area contributed by atoms with Gasteiger partial charge in [-0.2, -0.15) is 0 Å². The average Bonchev–Trinajstić information content (AvgIpc) is 2.28. The normalized spacial score (nSPS) is 12.1. The van der Waals surface area contributed by atoms with Crippen molar-refractivity contribution < 1.29 is 9.53 Å². The maximum absolute atomic E-state index is 11.8. The molecule has 0 heterocycles. The molecule has 0 bridgehead atoms. The summed E-state index contributed by atoms with van der Waals surface area (Å²) in [6, 6.07) is 8.15. The molecule has 1 amide bonds. The fraction of sp³-hybridized carbons (Fsp3) is 0.562. The Balaban J connectivity index is 2.38. The van der Waals surface area contributed by atoms with Crippen molar-refractivity contribution in [3.05, 3.63) is 34.3 Å². The van der Waals surface area contributed by atoms with Crippen molar-refractivity contribution >= 4 is 22.0 Å². The van der Waals surface area contributed by atoms with E-state index in [4.69, 9.17) is 4.74 Å². The lowest BCUT2D eigenvalue weighted by atomic mass is 10.1. The Morgan fingerprint density at radius 2 is 1.71 bits per heavy atom. The second kappa shape index (κ2) is 7.27. The zero-order valence-corrected chi connectivity index (χ0v) is 15.0. The van der Waals surface area contributed by atoms with Crippen LogP contribution in [0, 0.1) is 0 Å². The number of alkyl carbamates (subject to hydrolysis) is 1. The first-order valence-corrected chi connectivity index (χ1v) is 7.83. The van der Waals surface area contributed by atoms with Gasteiger partial charge in [-0.15, -0.1) is 0 Å². The summed E-state index contributed by atoms with van der Waals surface area (Å²) < 4.78 is 6.34. The van der Waals surface area contributed by atoms with Crippen molar-refractivity contribution in [3.63, 3.8) is 0 Å². The molecule has 0 atom stereocenters. The van der Waals surface area contributed by atoms with Gasteiger partial charge < -0.3 is 15.4 Å². The summed E-state index contributed by atoms with van der Waals surface area (Å²) in [6.07, 6.45) is -0.391. The van der Waals surface area contributed by atoms with E-state index in [9.17, 15) is 4.79 Å². The lowest BCUT2D eigenvalue weighted by Crippen LogP contribution is -2.51. The van der Waals surface area contributed by atoms with Crippen LogP contribution in [0.25, 0.3) is 0 Å². The van der Waals surface area contributed by atoms with Gasteiger partial charge in [-0.3, -0.25) is 0 Å². The standard InChI is InChI=1S/C16H25BrN2O2/c1-15(2,3)21-14(20)19-16(4,5)11-18-10-12-6-8-13(17)9-7-12/h6-9,18H,10-11H2,1-5H3,(H,19,20). The number of amides is 1. The molecule has 0 aliphatic carbocycles. The second-order valence-electron chi connectivity index (χ2n) is 6.74. The van der Waals surface area contributed by atoms with Crippen LogP contribution in [0.1, 0.15) is 40.2 Å².